The van der Waals surface area contributed by atoms with Crippen LogP contribution < -0.4 is 0 Å². The van der Waals surface area contributed by atoms with E-state index in [1.807, 2.05) is 30.3 Å². The van der Waals surface area contributed by atoms with E-state index in [9.17, 15) is 9.59 Å². The third-order valence-electron chi connectivity index (χ3n) is 6.15. The third kappa shape index (κ3) is 7.39. The topological polar surface area (TPSA) is 80.3 Å². The summed E-state index contributed by atoms with van der Waals surface area (Å²) in [4.78, 5) is 25.0. The van der Waals surface area contributed by atoms with Crippen LogP contribution in [0.15, 0.2) is 42.5 Å². The molecule has 7 heteroatoms. The summed E-state index contributed by atoms with van der Waals surface area (Å²) in [5.74, 6) is -0.598. The van der Waals surface area contributed by atoms with Crippen molar-refractivity contribution in [2.24, 2.45) is 0 Å². The lowest BCUT2D eigenvalue weighted by Crippen LogP contribution is -2.58. The van der Waals surface area contributed by atoms with Gasteiger partial charge in [0.2, 0.25) is 0 Å². The van der Waals surface area contributed by atoms with Gasteiger partial charge in [-0.05, 0) is 44.1 Å². The summed E-state index contributed by atoms with van der Waals surface area (Å²) in [6.07, 6.45) is 7.22. The SMILES string of the molecule is CO[C@@H]1[C@@H](OC)[C@H](c2ccccc2)O[C@@H]2COC(=O)CCCC/C=C/CCCCC(=O)O[C@@H]12. The highest BCUT2D eigenvalue weighted by molar-refractivity contribution is 5.70. The Kier molecular flexibility index (Phi) is 10.4. The number of allylic oxidation sites excluding steroid dienone is 2. The van der Waals surface area contributed by atoms with Crippen LogP contribution in [-0.2, 0) is 33.3 Å². The van der Waals surface area contributed by atoms with Gasteiger partial charge >= 0.3 is 11.9 Å². The number of cyclic esters (lactones) is 1. The Morgan fingerprint density at radius 1 is 0.818 bits per heavy atom. The van der Waals surface area contributed by atoms with Crippen LogP contribution in [-0.4, -0.2) is 57.2 Å². The second kappa shape index (κ2) is 13.5. The fourth-order valence-corrected chi connectivity index (χ4v) is 4.38. The molecule has 0 N–H and O–H groups in total. The number of ether oxygens (including phenoxy) is 5. The van der Waals surface area contributed by atoms with E-state index in [2.05, 4.69) is 12.2 Å². The summed E-state index contributed by atoms with van der Waals surface area (Å²) in [6, 6.07) is 9.69. The maximum absolute atomic E-state index is 12.7. The molecule has 7 nitrogen and oxygen atoms in total. The van der Waals surface area contributed by atoms with Crippen LogP contribution in [0.3, 0.4) is 0 Å². The van der Waals surface area contributed by atoms with E-state index in [-0.39, 0.29) is 18.5 Å². The maximum atomic E-state index is 12.7. The largest absolute Gasteiger partial charge is 0.463 e. The van der Waals surface area contributed by atoms with Gasteiger partial charge in [0.15, 0.2) is 6.10 Å². The first kappa shape index (κ1) is 25.4. The van der Waals surface area contributed by atoms with E-state index in [1.54, 1.807) is 14.2 Å². The predicted octanol–water partition coefficient (Wildman–Crippen LogP) is 4.30. The first-order chi connectivity index (χ1) is 16.1. The second-order valence-corrected chi connectivity index (χ2v) is 8.51. The molecule has 0 bridgehead atoms. The van der Waals surface area contributed by atoms with Crippen LogP contribution >= 0.6 is 0 Å². The minimum atomic E-state index is -0.754. The Labute approximate surface area is 196 Å². The van der Waals surface area contributed by atoms with Gasteiger partial charge in [0.05, 0.1) is 0 Å². The number of carbonyl (C=O) groups is 2. The zero-order chi connectivity index (χ0) is 23.5. The van der Waals surface area contributed by atoms with Gasteiger partial charge in [0.1, 0.15) is 31.0 Å². The van der Waals surface area contributed by atoms with Crippen LogP contribution in [0.1, 0.15) is 63.0 Å². The summed E-state index contributed by atoms with van der Waals surface area (Å²) in [5.41, 5.74) is 0.915. The van der Waals surface area contributed by atoms with Crippen molar-refractivity contribution >= 4 is 11.9 Å². The van der Waals surface area contributed by atoms with Crippen molar-refractivity contribution in [1.29, 1.82) is 0 Å². The molecule has 1 aromatic rings. The van der Waals surface area contributed by atoms with Gasteiger partial charge < -0.3 is 23.7 Å². The van der Waals surface area contributed by atoms with Crippen molar-refractivity contribution in [3.05, 3.63) is 48.0 Å². The molecule has 1 fully saturated rings. The Hall–Kier alpha value is -2.22. The fraction of sp³-hybridized carbons (Fsp3) is 0.615. The van der Waals surface area contributed by atoms with Crippen molar-refractivity contribution in [2.45, 2.75) is 81.9 Å². The summed E-state index contributed by atoms with van der Waals surface area (Å²) >= 11 is 0. The molecule has 2 aliphatic rings. The van der Waals surface area contributed by atoms with Crippen molar-refractivity contribution < 1.29 is 33.3 Å². The molecular weight excluding hydrogens is 424 g/mol. The number of benzene rings is 1. The minimum Gasteiger partial charge on any atom is -0.463 e. The van der Waals surface area contributed by atoms with Gasteiger partial charge in [-0.2, -0.15) is 0 Å². The highest BCUT2D eigenvalue weighted by atomic mass is 16.6. The van der Waals surface area contributed by atoms with Gasteiger partial charge in [-0.1, -0.05) is 42.5 Å². The second-order valence-electron chi connectivity index (χ2n) is 8.51. The summed E-state index contributed by atoms with van der Waals surface area (Å²) in [5, 5.41) is 0. The molecule has 5 atom stereocenters. The van der Waals surface area contributed by atoms with Crippen molar-refractivity contribution in [3.8, 4) is 0 Å². The molecular formula is C26H36O7. The first-order valence-corrected chi connectivity index (χ1v) is 11.9. The summed E-state index contributed by atoms with van der Waals surface area (Å²) in [6.45, 7) is -0.0175. The lowest BCUT2D eigenvalue weighted by atomic mass is 9.90. The number of hydrogen-bond acceptors (Lipinski definition) is 7. The Balaban J connectivity index is 1.81. The molecule has 1 saturated heterocycles. The zero-order valence-electron chi connectivity index (χ0n) is 19.6. The molecule has 0 aromatic heterocycles. The Morgan fingerprint density at radius 3 is 2.09 bits per heavy atom. The first-order valence-electron chi connectivity index (χ1n) is 11.9. The predicted molar refractivity (Wildman–Crippen MR) is 123 cm³/mol. The highest BCUT2D eigenvalue weighted by Crippen LogP contribution is 2.37. The molecule has 3 rings (SSSR count). The number of carbonyl (C=O) groups excluding carboxylic acids is 2. The Morgan fingerprint density at radius 2 is 1.45 bits per heavy atom. The normalized spacial score (nSPS) is 31.5. The number of esters is 2. The molecule has 0 aliphatic carbocycles. The highest BCUT2D eigenvalue weighted by Gasteiger charge is 2.49. The molecule has 0 radical (unpaired) electrons. The smallest absolute Gasteiger partial charge is 0.306 e. The lowest BCUT2D eigenvalue weighted by molar-refractivity contribution is -0.253. The molecule has 0 spiro atoms. The number of fused-ring (bicyclic) bond motifs is 1. The third-order valence-corrected chi connectivity index (χ3v) is 6.15. The molecule has 33 heavy (non-hydrogen) atoms. The summed E-state index contributed by atoms with van der Waals surface area (Å²) in [7, 11) is 3.15. The fourth-order valence-electron chi connectivity index (χ4n) is 4.38. The average molecular weight is 461 g/mol. The molecule has 182 valence electrons. The van der Waals surface area contributed by atoms with Crippen LogP contribution in [0, 0.1) is 0 Å². The van der Waals surface area contributed by atoms with E-state index < -0.39 is 30.5 Å². The average Bonchev–Trinajstić information content (AvgIpc) is 2.84. The number of rotatable bonds is 3. The van der Waals surface area contributed by atoms with E-state index in [0.29, 0.717) is 12.8 Å². The van der Waals surface area contributed by atoms with Gasteiger partial charge in [-0.25, -0.2) is 0 Å². The number of methoxy groups -OCH3 is 2. The molecule has 2 aliphatic heterocycles. The van der Waals surface area contributed by atoms with Gasteiger partial charge in [-0.3, -0.25) is 9.59 Å². The molecule has 0 saturated carbocycles. The monoisotopic (exact) mass is 460 g/mol. The minimum absolute atomic E-state index is 0.0175. The van der Waals surface area contributed by atoms with E-state index in [4.69, 9.17) is 23.7 Å². The van der Waals surface area contributed by atoms with Gasteiger partial charge in [-0.15, -0.1) is 0 Å². The van der Waals surface area contributed by atoms with Crippen molar-refractivity contribution in [1.82, 2.24) is 0 Å². The number of hydrogen-bond donors (Lipinski definition) is 0. The lowest BCUT2D eigenvalue weighted by Gasteiger charge is -2.45. The molecule has 1 aromatic carbocycles. The van der Waals surface area contributed by atoms with Crippen LogP contribution in [0.2, 0.25) is 0 Å². The van der Waals surface area contributed by atoms with E-state index >= 15 is 0 Å². The maximum Gasteiger partial charge on any atom is 0.306 e. The molecule has 2 heterocycles. The van der Waals surface area contributed by atoms with E-state index in [1.165, 1.54) is 0 Å². The zero-order valence-corrected chi connectivity index (χ0v) is 19.6. The summed E-state index contributed by atoms with van der Waals surface area (Å²) < 4.78 is 29.3. The van der Waals surface area contributed by atoms with E-state index in [0.717, 1.165) is 44.1 Å². The van der Waals surface area contributed by atoms with Crippen molar-refractivity contribution in [3.63, 3.8) is 0 Å². The van der Waals surface area contributed by atoms with Crippen LogP contribution in [0.25, 0.3) is 0 Å². The van der Waals surface area contributed by atoms with Crippen LogP contribution in [0.5, 0.6) is 0 Å². The Bertz CT molecular complexity index is 763. The molecule has 0 amide bonds. The van der Waals surface area contributed by atoms with Crippen LogP contribution in [0.4, 0.5) is 0 Å². The van der Waals surface area contributed by atoms with Gasteiger partial charge in [0.25, 0.3) is 0 Å². The molecule has 0 unspecified atom stereocenters. The standard InChI is InChI=1S/C26H36O7/c1-29-25-23(19-14-10-9-11-15-19)32-20-18-31-21(27)16-12-7-5-3-4-6-8-13-17-22(28)33-24(20)26(25)30-2/h3-4,9-11,14-15,20,23-26H,5-8,12-13,16-18H2,1-2H3/b4-3+/t20-,23+,24-,25+,26+/m1/s1. The quantitative estimate of drug-likeness (QED) is 0.491. The van der Waals surface area contributed by atoms with Gasteiger partial charge in [0, 0.05) is 27.1 Å². The van der Waals surface area contributed by atoms with Crippen molar-refractivity contribution in [2.75, 3.05) is 20.8 Å².